The summed E-state index contributed by atoms with van der Waals surface area (Å²) in [6.07, 6.45) is 1.00. The Labute approximate surface area is 184 Å². The molecule has 2 rings (SSSR count). The number of nitrogens with one attached hydrogen (secondary N) is 2. The van der Waals surface area contributed by atoms with E-state index in [4.69, 9.17) is 4.74 Å². The zero-order valence-electron chi connectivity index (χ0n) is 16.7. The number of ether oxygens (including phenoxy) is 1. The summed E-state index contributed by atoms with van der Waals surface area (Å²) in [5, 5.41) is 6.35. The van der Waals surface area contributed by atoms with Crippen molar-refractivity contribution in [2.75, 3.05) is 34.3 Å². The predicted octanol–water partition coefficient (Wildman–Crippen LogP) is 3.64. The monoisotopic (exact) mass is 500 g/mol. The first-order valence-electron chi connectivity index (χ1n) is 9.13. The third-order valence-corrected chi connectivity index (χ3v) is 4.03. The van der Waals surface area contributed by atoms with Crippen LogP contribution in [0.5, 0.6) is 5.75 Å². The molecule has 0 aliphatic heterocycles. The third-order valence-electron chi connectivity index (χ3n) is 4.03. The Morgan fingerprint density at radius 3 is 2.36 bits per heavy atom. The molecule has 0 spiro atoms. The van der Waals surface area contributed by atoms with Crippen LogP contribution in [0.25, 0.3) is 0 Å². The lowest BCUT2D eigenvalue weighted by Gasteiger charge is -2.13. The van der Waals surface area contributed by atoms with Crippen LogP contribution in [0.15, 0.2) is 53.5 Å². The average molecular weight is 500 g/mol. The summed E-state index contributed by atoms with van der Waals surface area (Å²) in [4.78, 5) is 6.32. The number of aliphatic imine (C=N–C) groups is 1. The Hall–Kier alpha value is -1.87. The van der Waals surface area contributed by atoms with Crippen molar-refractivity contribution in [2.24, 2.45) is 4.99 Å². The van der Waals surface area contributed by atoms with Crippen molar-refractivity contribution in [3.8, 4) is 5.75 Å². The normalized spacial score (nSPS) is 11.1. The quantitative estimate of drug-likeness (QED) is 0.239. The van der Waals surface area contributed by atoms with E-state index in [2.05, 4.69) is 34.6 Å². The van der Waals surface area contributed by atoms with Gasteiger partial charge in [0.1, 0.15) is 11.6 Å². The highest BCUT2D eigenvalue weighted by atomic mass is 127. The maximum atomic E-state index is 13.7. The van der Waals surface area contributed by atoms with Crippen LogP contribution in [-0.2, 0) is 13.1 Å². The fourth-order valence-electron chi connectivity index (χ4n) is 2.50. The van der Waals surface area contributed by atoms with Crippen molar-refractivity contribution in [3.05, 3.63) is 65.5 Å². The van der Waals surface area contributed by atoms with E-state index in [1.165, 1.54) is 6.07 Å². The summed E-state index contributed by atoms with van der Waals surface area (Å²) < 4.78 is 19.4. The van der Waals surface area contributed by atoms with Crippen LogP contribution in [0.3, 0.4) is 0 Å². The summed E-state index contributed by atoms with van der Waals surface area (Å²) in [6.45, 7) is 2.73. The predicted molar refractivity (Wildman–Crippen MR) is 124 cm³/mol. The molecule has 0 heterocycles. The summed E-state index contributed by atoms with van der Waals surface area (Å²) in [5.74, 6) is 1.28. The second-order valence-electron chi connectivity index (χ2n) is 6.52. The smallest absolute Gasteiger partial charge is 0.191 e. The van der Waals surface area contributed by atoms with Crippen molar-refractivity contribution >= 4 is 29.9 Å². The van der Waals surface area contributed by atoms with Gasteiger partial charge in [-0.15, -0.1) is 24.0 Å². The molecule has 0 amide bonds. The maximum absolute atomic E-state index is 13.7. The Balaban J connectivity index is 0.00000392. The van der Waals surface area contributed by atoms with Crippen molar-refractivity contribution in [1.29, 1.82) is 0 Å². The van der Waals surface area contributed by atoms with E-state index < -0.39 is 0 Å². The van der Waals surface area contributed by atoms with Crippen molar-refractivity contribution in [3.63, 3.8) is 0 Å². The molecular formula is C21H30FIN4O. The molecule has 2 N–H and O–H groups in total. The van der Waals surface area contributed by atoms with Gasteiger partial charge < -0.3 is 20.3 Å². The topological polar surface area (TPSA) is 48.9 Å². The van der Waals surface area contributed by atoms with E-state index in [-0.39, 0.29) is 29.8 Å². The largest absolute Gasteiger partial charge is 0.494 e. The van der Waals surface area contributed by atoms with Crippen molar-refractivity contribution in [1.82, 2.24) is 15.5 Å². The van der Waals surface area contributed by atoms with Crippen LogP contribution in [0, 0.1) is 5.82 Å². The molecular weight excluding hydrogens is 470 g/mol. The first-order chi connectivity index (χ1) is 13.1. The first kappa shape index (κ1) is 24.2. The minimum absolute atomic E-state index is 0. The van der Waals surface area contributed by atoms with Crippen LogP contribution in [0.2, 0.25) is 0 Å². The molecule has 0 aliphatic carbocycles. The number of rotatable bonds is 9. The summed E-state index contributed by atoms with van der Waals surface area (Å²) in [7, 11) is 5.81. The van der Waals surface area contributed by atoms with Gasteiger partial charge in [0.25, 0.3) is 0 Å². The van der Waals surface area contributed by atoms with E-state index in [1.54, 1.807) is 19.2 Å². The fourth-order valence-corrected chi connectivity index (χ4v) is 2.50. The molecule has 0 bridgehead atoms. The van der Waals surface area contributed by atoms with Gasteiger partial charge in [-0.1, -0.05) is 30.3 Å². The molecule has 0 atom stereocenters. The van der Waals surface area contributed by atoms with Crippen LogP contribution in [-0.4, -0.2) is 45.2 Å². The van der Waals surface area contributed by atoms with E-state index in [1.807, 2.05) is 30.3 Å². The van der Waals surface area contributed by atoms with Gasteiger partial charge >= 0.3 is 0 Å². The van der Waals surface area contributed by atoms with E-state index in [0.29, 0.717) is 31.2 Å². The first-order valence-corrected chi connectivity index (χ1v) is 9.13. The number of benzene rings is 2. The summed E-state index contributed by atoms with van der Waals surface area (Å²) in [5.41, 5.74) is 1.72. The van der Waals surface area contributed by atoms with Gasteiger partial charge in [-0.25, -0.2) is 4.39 Å². The third kappa shape index (κ3) is 8.88. The highest BCUT2D eigenvalue weighted by Crippen LogP contribution is 2.12. The lowest BCUT2D eigenvalue weighted by molar-refractivity contribution is 0.281. The zero-order valence-corrected chi connectivity index (χ0v) is 19.1. The number of guanidine groups is 1. The Morgan fingerprint density at radius 2 is 1.71 bits per heavy atom. The van der Waals surface area contributed by atoms with Gasteiger partial charge in [0.2, 0.25) is 0 Å². The van der Waals surface area contributed by atoms with Crippen LogP contribution >= 0.6 is 24.0 Å². The summed E-state index contributed by atoms with van der Waals surface area (Å²) in [6, 6.07) is 14.7. The summed E-state index contributed by atoms with van der Waals surface area (Å²) >= 11 is 0. The Kier molecular flexibility index (Phi) is 11.5. The van der Waals surface area contributed by atoms with E-state index in [0.717, 1.165) is 24.3 Å². The SMILES string of the molecule is CN=C(NCc1ccc(OCCCN(C)C)cc1)NCc1ccccc1F.I. The standard InChI is InChI=1S/C21H29FN4O.HI/c1-23-21(25-16-18-7-4-5-8-20(18)22)24-15-17-9-11-19(12-10-17)27-14-6-13-26(2)3;/h4-5,7-12H,6,13-16H2,1-3H3,(H2,23,24,25);1H. The molecule has 0 radical (unpaired) electrons. The molecule has 2 aromatic rings. The van der Waals surface area contributed by atoms with Gasteiger partial charge in [-0.3, -0.25) is 4.99 Å². The average Bonchev–Trinajstić information content (AvgIpc) is 2.67. The Bertz CT molecular complexity index is 723. The number of hydrogen-bond acceptors (Lipinski definition) is 3. The molecule has 154 valence electrons. The molecule has 2 aromatic carbocycles. The molecule has 0 fully saturated rings. The second-order valence-corrected chi connectivity index (χ2v) is 6.52. The molecule has 7 heteroatoms. The van der Waals surface area contributed by atoms with Crippen molar-refractivity contribution in [2.45, 2.75) is 19.5 Å². The highest BCUT2D eigenvalue weighted by Gasteiger charge is 2.03. The van der Waals surface area contributed by atoms with Gasteiger partial charge in [-0.05, 0) is 44.3 Å². The molecule has 28 heavy (non-hydrogen) atoms. The lowest BCUT2D eigenvalue weighted by Crippen LogP contribution is -2.36. The second kappa shape index (κ2) is 13.3. The van der Waals surface area contributed by atoms with Gasteiger partial charge in [-0.2, -0.15) is 0 Å². The minimum Gasteiger partial charge on any atom is -0.494 e. The van der Waals surface area contributed by atoms with Gasteiger partial charge in [0.15, 0.2) is 5.96 Å². The van der Waals surface area contributed by atoms with E-state index >= 15 is 0 Å². The van der Waals surface area contributed by atoms with Gasteiger partial charge in [0, 0.05) is 32.2 Å². The number of nitrogens with zero attached hydrogens (tertiary/aromatic N) is 2. The van der Waals surface area contributed by atoms with Crippen LogP contribution in [0.4, 0.5) is 4.39 Å². The van der Waals surface area contributed by atoms with Crippen LogP contribution < -0.4 is 15.4 Å². The van der Waals surface area contributed by atoms with Crippen LogP contribution in [0.1, 0.15) is 17.5 Å². The van der Waals surface area contributed by atoms with Gasteiger partial charge in [0.05, 0.1) is 6.61 Å². The maximum Gasteiger partial charge on any atom is 0.191 e. The minimum atomic E-state index is -0.221. The van der Waals surface area contributed by atoms with E-state index in [9.17, 15) is 4.39 Å². The highest BCUT2D eigenvalue weighted by molar-refractivity contribution is 14.0. The Morgan fingerprint density at radius 1 is 1.04 bits per heavy atom. The number of halogens is 2. The lowest BCUT2D eigenvalue weighted by atomic mass is 10.2. The molecule has 0 aromatic heterocycles. The molecule has 5 nitrogen and oxygen atoms in total. The fraction of sp³-hybridized carbons (Fsp3) is 0.381. The zero-order chi connectivity index (χ0) is 19.5. The van der Waals surface area contributed by atoms with Crippen molar-refractivity contribution < 1.29 is 9.13 Å². The number of hydrogen-bond donors (Lipinski definition) is 2. The molecule has 0 aliphatic rings. The molecule has 0 saturated carbocycles. The molecule has 0 unspecified atom stereocenters. The molecule has 0 saturated heterocycles.